The standard InChI is InChI=1S/C14H13BrClN3O2/c1-2-21-14(20)9-6-13(18-7-12(9)17)19-8-3-4-10(15)11(16)5-8/h3-7H,2,17H2,1H3,(H,18,19). The Bertz CT molecular complexity index is 679. The fraction of sp³-hybridized carbons (Fsp3) is 0.143. The summed E-state index contributed by atoms with van der Waals surface area (Å²) in [6, 6.07) is 6.93. The molecule has 2 rings (SSSR count). The summed E-state index contributed by atoms with van der Waals surface area (Å²) in [5.41, 5.74) is 7.03. The molecule has 0 fully saturated rings. The summed E-state index contributed by atoms with van der Waals surface area (Å²) in [5, 5.41) is 3.63. The van der Waals surface area contributed by atoms with E-state index in [0.29, 0.717) is 10.8 Å². The predicted molar refractivity (Wildman–Crippen MR) is 87.0 cm³/mol. The van der Waals surface area contributed by atoms with Gasteiger partial charge in [-0.3, -0.25) is 0 Å². The fourth-order valence-electron chi connectivity index (χ4n) is 1.64. The van der Waals surface area contributed by atoms with Crippen LogP contribution < -0.4 is 11.1 Å². The monoisotopic (exact) mass is 369 g/mol. The number of hydrogen-bond donors (Lipinski definition) is 2. The van der Waals surface area contributed by atoms with Gasteiger partial charge in [0.15, 0.2) is 0 Å². The van der Waals surface area contributed by atoms with Gasteiger partial charge < -0.3 is 15.8 Å². The number of halogens is 2. The van der Waals surface area contributed by atoms with Gasteiger partial charge >= 0.3 is 5.97 Å². The van der Waals surface area contributed by atoms with Crippen LogP contribution in [0.2, 0.25) is 5.02 Å². The van der Waals surface area contributed by atoms with Crippen molar-refractivity contribution < 1.29 is 9.53 Å². The minimum Gasteiger partial charge on any atom is -0.462 e. The summed E-state index contributed by atoms with van der Waals surface area (Å²) < 4.78 is 5.75. The molecule has 0 bridgehead atoms. The highest BCUT2D eigenvalue weighted by molar-refractivity contribution is 9.10. The van der Waals surface area contributed by atoms with Crippen molar-refractivity contribution in [1.29, 1.82) is 0 Å². The number of aromatic nitrogens is 1. The zero-order valence-electron chi connectivity index (χ0n) is 11.2. The van der Waals surface area contributed by atoms with Gasteiger partial charge in [0, 0.05) is 10.2 Å². The lowest BCUT2D eigenvalue weighted by molar-refractivity contribution is 0.0527. The normalized spacial score (nSPS) is 10.2. The van der Waals surface area contributed by atoms with E-state index in [2.05, 4.69) is 26.2 Å². The number of nitrogen functional groups attached to an aromatic ring is 1. The Balaban J connectivity index is 2.26. The van der Waals surface area contributed by atoms with Crippen molar-refractivity contribution in [3.05, 3.63) is 45.5 Å². The SMILES string of the molecule is CCOC(=O)c1cc(Nc2ccc(Br)c(Cl)c2)ncc1N. The molecule has 0 aliphatic rings. The highest BCUT2D eigenvalue weighted by atomic mass is 79.9. The van der Waals surface area contributed by atoms with E-state index in [1.165, 1.54) is 6.20 Å². The first-order valence-electron chi connectivity index (χ1n) is 6.16. The number of hydrogen-bond acceptors (Lipinski definition) is 5. The molecule has 1 aromatic carbocycles. The van der Waals surface area contributed by atoms with Crippen LogP contribution in [-0.4, -0.2) is 17.6 Å². The van der Waals surface area contributed by atoms with E-state index in [4.69, 9.17) is 22.1 Å². The van der Waals surface area contributed by atoms with Gasteiger partial charge in [0.25, 0.3) is 0 Å². The van der Waals surface area contributed by atoms with Crippen LogP contribution in [-0.2, 0) is 4.74 Å². The number of ether oxygens (including phenoxy) is 1. The summed E-state index contributed by atoms with van der Waals surface area (Å²) >= 11 is 9.35. The van der Waals surface area contributed by atoms with Crippen LogP contribution in [0.25, 0.3) is 0 Å². The van der Waals surface area contributed by atoms with Crippen LogP contribution in [0.15, 0.2) is 34.9 Å². The van der Waals surface area contributed by atoms with Gasteiger partial charge in [0.05, 0.1) is 29.1 Å². The number of benzene rings is 1. The van der Waals surface area contributed by atoms with E-state index in [9.17, 15) is 4.79 Å². The molecule has 0 atom stereocenters. The van der Waals surface area contributed by atoms with Gasteiger partial charge in [-0.15, -0.1) is 0 Å². The minimum absolute atomic E-state index is 0.271. The van der Waals surface area contributed by atoms with Crippen molar-refractivity contribution in [3.63, 3.8) is 0 Å². The Kier molecular flexibility index (Phi) is 5.03. The van der Waals surface area contributed by atoms with Gasteiger partial charge in [0.1, 0.15) is 5.82 Å². The second-order valence-corrected chi connectivity index (χ2v) is 5.39. The third-order valence-corrected chi connectivity index (χ3v) is 3.85. The van der Waals surface area contributed by atoms with Crippen LogP contribution in [0.5, 0.6) is 0 Å². The number of pyridine rings is 1. The molecular formula is C14H13BrClN3O2. The zero-order valence-corrected chi connectivity index (χ0v) is 13.5. The van der Waals surface area contributed by atoms with Crippen molar-refractivity contribution in [2.24, 2.45) is 0 Å². The van der Waals surface area contributed by atoms with E-state index < -0.39 is 5.97 Å². The van der Waals surface area contributed by atoms with E-state index in [1.54, 1.807) is 19.1 Å². The molecule has 0 saturated heterocycles. The zero-order chi connectivity index (χ0) is 15.4. The van der Waals surface area contributed by atoms with Crippen LogP contribution in [0.3, 0.4) is 0 Å². The van der Waals surface area contributed by atoms with Crippen LogP contribution >= 0.6 is 27.5 Å². The number of carbonyl (C=O) groups is 1. The molecule has 21 heavy (non-hydrogen) atoms. The number of anilines is 3. The van der Waals surface area contributed by atoms with E-state index >= 15 is 0 Å². The molecule has 1 aromatic heterocycles. The van der Waals surface area contributed by atoms with E-state index in [-0.39, 0.29) is 17.9 Å². The van der Waals surface area contributed by atoms with E-state index in [0.717, 1.165) is 10.2 Å². The molecule has 0 spiro atoms. The maximum atomic E-state index is 11.8. The molecule has 110 valence electrons. The van der Waals surface area contributed by atoms with Crippen LogP contribution in [0.1, 0.15) is 17.3 Å². The Morgan fingerprint density at radius 1 is 1.48 bits per heavy atom. The average Bonchev–Trinajstić information content (AvgIpc) is 2.45. The summed E-state index contributed by atoms with van der Waals surface area (Å²) in [6.45, 7) is 2.02. The lowest BCUT2D eigenvalue weighted by Crippen LogP contribution is -2.09. The van der Waals surface area contributed by atoms with Gasteiger partial charge in [-0.1, -0.05) is 11.6 Å². The van der Waals surface area contributed by atoms with Crippen molar-refractivity contribution in [2.45, 2.75) is 6.92 Å². The maximum Gasteiger partial charge on any atom is 0.340 e. The molecule has 0 amide bonds. The third-order valence-electron chi connectivity index (χ3n) is 2.62. The first kappa shape index (κ1) is 15.6. The number of nitrogens with two attached hydrogens (primary N) is 1. The minimum atomic E-state index is -0.478. The van der Waals surface area contributed by atoms with Gasteiger partial charge in [-0.2, -0.15) is 0 Å². The Morgan fingerprint density at radius 2 is 2.24 bits per heavy atom. The third kappa shape index (κ3) is 3.86. The first-order chi connectivity index (χ1) is 10.0. The van der Waals surface area contributed by atoms with Crippen molar-refractivity contribution in [2.75, 3.05) is 17.7 Å². The topological polar surface area (TPSA) is 77.2 Å². The summed E-state index contributed by atoms with van der Waals surface area (Å²) in [6.07, 6.45) is 1.41. The van der Waals surface area contributed by atoms with E-state index in [1.807, 2.05) is 12.1 Å². The lowest BCUT2D eigenvalue weighted by Gasteiger charge is -2.10. The molecule has 1 heterocycles. The molecule has 2 aromatic rings. The second kappa shape index (κ2) is 6.78. The fourth-order valence-corrected chi connectivity index (χ4v) is 2.07. The van der Waals surface area contributed by atoms with Gasteiger partial charge in [-0.05, 0) is 47.1 Å². The van der Waals surface area contributed by atoms with Gasteiger partial charge in [0.2, 0.25) is 0 Å². The summed E-state index contributed by atoms with van der Waals surface area (Å²) in [7, 11) is 0. The molecule has 0 unspecified atom stereocenters. The molecule has 0 aliphatic carbocycles. The molecule has 0 aliphatic heterocycles. The maximum absolute atomic E-state index is 11.8. The quantitative estimate of drug-likeness (QED) is 0.795. The Hall–Kier alpha value is -1.79. The van der Waals surface area contributed by atoms with Gasteiger partial charge in [-0.25, -0.2) is 9.78 Å². The molecule has 7 heteroatoms. The second-order valence-electron chi connectivity index (χ2n) is 4.13. The number of esters is 1. The largest absolute Gasteiger partial charge is 0.462 e. The summed E-state index contributed by atoms with van der Waals surface area (Å²) in [5.74, 6) is -0.0000642. The van der Waals surface area contributed by atoms with Crippen LogP contribution in [0, 0.1) is 0 Å². The van der Waals surface area contributed by atoms with Crippen molar-refractivity contribution >= 4 is 50.7 Å². The molecule has 5 nitrogen and oxygen atoms in total. The smallest absolute Gasteiger partial charge is 0.340 e. The number of nitrogens with zero attached hydrogens (tertiary/aromatic N) is 1. The highest BCUT2D eigenvalue weighted by Crippen LogP contribution is 2.27. The molecule has 3 N–H and O–H groups in total. The first-order valence-corrected chi connectivity index (χ1v) is 7.33. The van der Waals surface area contributed by atoms with Crippen molar-refractivity contribution in [1.82, 2.24) is 4.98 Å². The Morgan fingerprint density at radius 3 is 2.90 bits per heavy atom. The molecule has 0 saturated carbocycles. The lowest BCUT2D eigenvalue weighted by atomic mass is 10.2. The Labute approximate surface area is 135 Å². The number of rotatable bonds is 4. The number of nitrogens with one attached hydrogen (secondary N) is 1. The van der Waals surface area contributed by atoms with Crippen molar-refractivity contribution in [3.8, 4) is 0 Å². The molecular weight excluding hydrogens is 358 g/mol. The molecule has 0 radical (unpaired) electrons. The predicted octanol–water partition coefficient (Wildman–Crippen LogP) is 4.00. The highest BCUT2D eigenvalue weighted by Gasteiger charge is 2.12. The average molecular weight is 371 g/mol. The number of carbonyl (C=O) groups excluding carboxylic acids is 1. The summed E-state index contributed by atoms with van der Waals surface area (Å²) in [4.78, 5) is 15.9. The van der Waals surface area contributed by atoms with Crippen LogP contribution in [0.4, 0.5) is 17.2 Å².